The number of aliphatic hydroxyl groups is 3. The lowest BCUT2D eigenvalue weighted by atomic mass is 9.90. The molecule has 0 aliphatic heterocycles. The average molecular weight is 360 g/mol. The molecule has 0 rings (SSSR count). The van der Waals surface area contributed by atoms with Crippen LogP contribution in [0.4, 0.5) is 0 Å². The SMILES string of the molecule is CC(C)C(O)C(C)CN(CC(C)C(O)C(C)C)CC(C)C(O)C(C)C. The van der Waals surface area contributed by atoms with Crippen molar-refractivity contribution < 1.29 is 15.3 Å². The molecule has 6 unspecified atom stereocenters. The van der Waals surface area contributed by atoms with Gasteiger partial charge in [0, 0.05) is 19.6 Å². The van der Waals surface area contributed by atoms with Crippen molar-refractivity contribution in [2.75, 3.05) is 19.6 Å². The molecule has 4 nitrogen and oxygen atoms in total. The van der Waals surface area contributed by atoms with Crippen LogP contribution in [-0.4, -0.2) is 58.2 Å². The normalized spacial score (nSPS) is 20.2. The summed E-state index contributed by atoms with van der Waals surface area (Å²) in [6, 6.07) is 0. The molecule has 0 aliphatic carbocycles. The molecule has 0 heterocycles. The quantitative estimate of drug-likeness (QED) is 0.500. The molecule has 0 amide bonds. The van der Waals surface area contributed by atoms with Crippen LogP contribution in [0, 0.1) is 35.5 Å². The van der Waals surface area contributed by atoms with E-state index in [-0.39, 0.29) is 53.8 Å². The molecule has 0 spiro atoms. The summed E-state index contributed by atoms with van der Waals surface area (Å²) >= 11 is 0. The fourth-order valence-corrected chi connectivity index (χ4v) is 3.74. The first-order valence-electron chi connectivity index (χ1n) is 10.1. The largest absolute Gasteiger partial charge is 0.393 e. The lowest BCUT2D eigenvalue weighted by Crippen LogP contribution is -2.44. The Balaban J connectivity index is 5.04. The molecule has 0 saturated carbocycles. The minimum Gasteiger partial charge on any atom is -0.393 e. The smallest absolute Gasteiger partial charge is 0.0600 e. The van der Waals surface area contributed by atoms with Crippen LogP contribution >= 0.6 is 0 Å². The Morgan fingerprint density at radius 2 is 0.680 bits per heavy atom. The highest BCUT2D eigenvalue weighted by Crippen LogP contribution is 2.21. The number of hydrogen-bond donors (Lipinski definition) is 3. The van der Waals surface area contributed by atoms with Crippen LogP contribution in [0.2, 0.25) is 0 Å². The second-order valence-electron chi connectivity index (χ2n) is 9.35. The predicted molar refractivity (Wildman–Crippen MR) is 106 cm³/mol. The minimum absolute atomic E-state index is 0.159. The van der Waals surface area contributed by atoms with E-state index < -0.39 is 0 Å². The van der Waals surface area contributed by atoms with Crippen molar-refractivity contribution in [3.05, 3.63) is 0 Å². The van der Waals surface area contributed by atoms with Gasteiger partial charge in [-0.2, -0.15) is 0 Å². The molecule has 4 heteroatoms. The van der Waals surface area contributed by atoms with Crippen LogP contribution in [0.5, 0.6) is 0 Å². The first-order chi connectivity index (χ1) is 11.4. The molecule has 0 bridgehead atoms. The Labute approximate surface area is 156 Å². The van der Waals surface area contributed by atoms with Crippen LogP contribution in [0.3, 0.4) is 0 Å². The first kappa shape index (κ1) is 24.8. The lowest BCUT2D eigenvalue weighted by molar-refractivity contribution is 0.00696. The van der Waals surface area contributed by atoms with Crippen LogP contribution in [0.25, 0.3) is 0 Å². The summed E-state index contributed by atoms with van der Waals surface area (Å²) in [6.45, 7) is 20.9. The molecule has 6 atom stereocenters. The molecular weight excluding hydrogens is 314 g/mol. The highest BCUT2D eigenvalue weighted by atomic mass is 16.3. The van der Waals surface area contributed by atoms with Crippen LogP contribution in [0.1, 0.15) is 62.3 Å². The van der Waals surface area contributed by atoms with Gasteiger partial charge in [-0.3, -0.25) is 0 Å². The highest BCUT2D eigenvalue weighted by Gasteiger charge is 2.27. The zero-order valence-corrected chi connectivity index (χ0v) is 18.1. The van der Waals surface area contributed by atoms with Gasteiger partial charge in [-0.15, -0.1) is 0 Å². The summed E-state index contributed by atoms with van der Waals surface area (Å²) in [5, 5.41) is 31.1. The summed E-state index contributed by atoms with van der Waals surface area (Å²) in [7, 11) is 0. The summed E-state index contributed by atoms with van der Waals surface area (Å²) in [5.74, 6) is 1.17. The number of aliphatic hydroxyl groups excluding tert-OH is 3. The first-order valence-corrected chi connectivity index (χ1v) is 10.1. The third-order valence-corrected chi connectivity index (χ3v) is 5.44. The Morgan fingerprint density at radius 1 is 0.480 bits per heavy atom. The third kappa shape index (κ3) is 8.85. The molecule has 25 heavy (non-hydrogen) atoms. The topological polar surface area (TPSA) is 63.9 Å². The Hall–Kier alpha value is -0.160. The number of hydrogen-bond acceptors (Lipinski definition) is 4. The van der Waals surface area contributed by atoms with E-state index in [2.05, 4.69) is 25.7 Å². The van der Waals surface area contributed by atoms with Crippen LogP contribution < -0.4 is 0 Å². The van der Waals surface area contributed by atoms with Crippen LogP contribution in [0.15, 0.2) is 0 Å². The van der Waals surface area contributed by atoms with Gasteiger partial charge in [0.25, 0.3) is 0 Å². The van der Waals surface area contributed by atoms with Gasteiger partial charge in [0.2, 0.25) is 0 Å². The van der Waals surface area contributed by atoms with E-state index in [0.29, 0.717) is 0 Å². The monoisotopic (exact) mass is 359 g/mol. The molecule has 0 aromatic carbocycles. The summed E-state index contributed by atoms with van der Waals surface area (Å²) < 4.78 is 0. The molecule has 152 valence electrons. The fraction of sp³-hybridized carbons (Fsp3) is 1.00. The summed E-state index contributed by atoms with van der Waals surface area (Å²) in [5.41, 5.74) is 0. The third-order valence-electron chi connectivity index (χ3n) is 5.44. The van der Waals surface area contributed by atoms with Gasteiger partial charge in [-0.05, 0) is 35.5 Å². The van der Waals surface area contributed by atoms with Gasteiger partial charge < -0.3 is 20.2 Å². The molecule has 0 aromatic rings. The van der Waals surface area contributed by atoms with Crippen molar-refractivity contribution in [2.24, 2.45) is 35.5 Å². The maximum Gasteiger partial charge on any atom is 0.0600 e. The van der Waals surface area contributed by atoms with Crippen molar-refractivity contribution in [1.29, 1.82) is 0 Å². The van der Waals surface area contributed by atoms with Crippen molar-refractivity contribution in [3.63, 3.8) is 0 Å². The molecule has 0 aliphatic rings. The molecule has 0 radical (unpaired) electrons. The van der Waals surface area contributed by atoms with Crippen molar-refractivity contribution in [2.45, 2.75) is 80.6 Å². The Morgan fingerprint density at radius 3 is 0.840 bits per heavy atom. The minimum atomic E-state index is -0.335. The van der Waals surface area contributed by atoms with E-state index in [1.807, 2.05) is 41.5 Å². The van der Waals surface area contributed by atoms with Gasteiger partial charge in [0.15, 0.2) is 0 Å². The standard InChI is InChI=1S/C21H45NO3/c1-13(2)19(23)16(7)10-22(11-17(8)20(24)14(3)4)12-18(9)21(25)15(5)6/h13-21,23-25H,10-12H2,1-9H3. The van der Waals surface area contributed by atoms with E-state index in [9.17, 15) is 15.3 Å². The summed E-state index contributed by atoms with van der Waals surface area (Å²) in [6.07, 6.45) is -1.01. The molecule has 0 aromatic heterocycles. The van der Waals surface area contributed by atoms with Gasteiger partial charge in [-0.25, -0.2) is 0 Å². The predicted octanol–water partition coefficient (Wildman–Crippen LogP) is 3.25. The summed E-state index contributed by atoms with van der Waals surface area (Å²) in [4.78, 5) is 2.32. The maximum atomic E-state index is 10.4. The lowest BCUT2D eigenvalue weighted by Gasteiger charge is -2.36. The van der Waals surface area contributed by atoms with E-state index in [4.69, 9.17) is 0 Å². The fourth-order valence-electron chi connectivity index (χ4n) is 3.74. The van der Waals surface area contributed by atoms with E-state index in [1.54, 1.807) is 0 Å². The zero-order chi connectivity index (χ0) is 19.9. The zero-order valence-electron chi connectivity index (χ0n) is 18.1. The maximum absolute atomic E-state index is 10.4. The Kier molecular flexibility index (Phi) is 11.5. The number of nitrogens with zero attached hydrogens (tertiary/aromatic N) is 1. The van der Waals surface area contributed by atoms with Gasteiger partial charge in [0.05, 0.1) is 18.3 Å². The Bertz CT molecular complexity index is 294. The van der Waals surface area contributed by atoms with Gasteiger partial charge >= 0.3 is 0 Å². The number of rotatable bonds is 12. The van der Waals surface area contributed by atoms with Crippen molar-refractivity contribution in [3.8, 4) is 0 Å². The second kappa shape index (κ2) is 11.5. The molecule has 3 N–H and O–H groups in total. The van der Waals surface area contributed by atoms with Crippen molar-refractivity contribution in [1.82, 2.24) is 4.90 Å². The molecule has 0 saturated heterocycles. The van der Waals surface area contributed by atoms with Gasteiger partial charge in [-0.1, -0.05) is 62.3 Å². The van der Waals surface area contributed by atoms with Crippen molar-refractivity contribution >= 4 is 0 Å². The van der Waals surface area contributed by atoms with Crippen LogP contribution in [-0.2, 0) is 0 Å². The average Bonchev–Trinajstić information content (AvgIpc) is 2.51. The van der Waals surface area contributed by atoms with E-state index >= 15 is 0 Å². The van der Waals surface area contributed by atoms with Gasteiger partial charge in [0.1, 0.15) is 0 Å². The molecular formula is C21H45NO3. The van der Waals surface area contributed by atoms with E-state index in [1.165, 1.54) is 0 Å². The molecule has 0 fully saturated rings. The highest BCUT2D eigenvalue weighted by molar-refractivity contribution is 4.79. The van der Waals surface area contributed by atoms with E-state index in [0.717, 1.165) is 19.6 Å². The second-order valence-corrected chi connectivity index (χ2v) is 9.35.